The van der Waals surface area contributed by atoms with E-state index < -0.39 is 24.0 Å². The molecule has 2 aliphatic rings. The van der Waals surface area contributed by atoms with Gasteiger partial charge in [0.05, 0.1) is 6.04 Å². The van der Waals surface area contributed by atoms with Crippen LogP contribution in [0.4, 0.5) is 9.18 Å². The number of benzene rings is 1. The van der Waals surface area contributed by atoms with Crippen LogP contribution >= 0.6 is 0 Å². The molecule has 2 fully saturated rings. The second-order valence-electron chi connectivity index (χ2n) is 6.77. The summed E-state index contributed by atoms with van der Waals surface area (Å²) in [5, 5.41) is 5.43. The van der Waals surface area contributed by atoms with Crippen LogP contribution in [0.15, 0.2) is 24.3 Å². The number of carbonyl (C=O) groups excluding carboxylic acids is 3. The van der Waals surface area contributed by atoms with Crippen molar-refractivity contribution in [3.05, 3.63) is 30.1 Å². The zero-order chi connectivity index (χ0) is 19.4. The summed E-state index contributed by atoms with van der Waals surface area (Å²) < 4.78 is 18.0. The quantitative estimate of drug-likeness (QED) is 0.624. The molecule has 0 spiro atoms. The molecule has 27 heavy (non-hydrogen) atoms. The van der Waals surface area contributed by atoms with Crippen LogP contribution in [-0.4, -0.2) is 54.0 Å². The summed E-state index contributed by atoms with van der Waals surface area (Å²) in [6, 6.07) is 3.55. The Labute approximate surface area is 156 Å². The molecule has 0 saturated carbocycles. The van der Waals surface area contributed by atoms with Gasteiger partial charge in [0.25, 0.3) is 0 Å². The number of nitrogens with two attached hydrogens (primary N) is 1. The van der Waals surface area contributed by atoms with E-state index in [1.807, 2.05) is 0 Å². The number of rotatable bonds is 6. The second-order valence-corrected chi connectivity index (χ2v) is 6.77. The maximum atomic E-state index is 12.9. The number of unbranched alkanes of at least 4 members (excludes halogenated alkanes) is 1. The van der Waals surface area contributed by atoms with E-state index in [2.05, 4.69) is 10.6 Å². The predicted molar refractivity (Wildman–Crippen MR) is 94.3 cm³/mol. The van der Waals surface area contributed by atoms with Crippen molar-refractivity contribution in [3.8, 4) is 5.75 Å². The lowest BCUT2D eigenvalue weighted by atomic mass is 10.0. The van der Waals surface area contributed by atoms with Gasteiger partial charge in [0.2, 0.25) is 11.8 Å². The molecule has 8 nitrogen and oxygen atoms in total. The molecule has 3 atom stereocenters. The van der Waals surface area contributed by atoms with E-state index in [1.54, 1.807) is 0 Å². The van der Waals surface area contributed by atoms with E-state index in [0.717, 1.165) is 12.8 Å². The summed E-state index contributed by atoms with van der Waals surface area (Å²) in [6.45, 7) is 0.798. The molecular formula is C18H23FN4O4. The summed E-state index contributed by atoms with van der Waals surface area (Å²) in [5.41, 5.74) is 5.47. The van der Waals surface area contributed by atoms with Crippen LogP contribution in [0.2, 0.25) is 0 Å². The Morgan fingerprint density at radius 1 is 1.30 bits per heavy atom. The Kier molecular flexibility index (Phi) is 5.90. The Morgan fingerprint density at radius 3 is 2.74 bits per heavy atom. The highest BCUT2D eigenvalue weighted by Crippen LogP contribution is 2.24. The molecule has 0 bridgehead atoms. The fourth-order valence-corrected chi connectivity index (χ4v) is 3.46. The normalized spacial score (nSPS) is 24.4. The van der Waals surface area contributed by atoms with Crippen molar-refractivity contribution in [3.63, 3.8) is 0 Å². The van der Waals surface area contributed by atoms with Gasteiger partial charge in [-0.2, -0.15) is 0 Å². The van der Waals surface area contributed by atoms with Crippen molar-refractivity contribution in [1.82, 2.24) is 15.5 Å². The number of ether oxygens (including phenoxy) is 1. The molecule has 146 valence electrons. The minimum atomic E-state index is -0.709. The highest BCUT2D eigenvalue weighted by atomic mass is 19.1. The molecule has 0 aromatic heterocycles. The predicted octanol–water partition coefficient (Wildman–Crippen LogP) is 0.511. The first kappa shape index (κ1) is 19.1. The van der Waals surface area contributed by atoms with Gasteiger partial charge >= 0.3 is 6.09 Å². The number of piperazine rings is 1. The first-order valence-electron chi connectivity index (χ1n) is 9.02. The summed E-state index contributed by atoms with van der Waals surface area (Å²) >= 11 is 0. The molecule has 0 aliphatic carbocycles. The van der Waals surface area contributed by atoms with Gasteiger partial charge in [0, 0.05) is 6.54 Å². The largest absolute Gasteiger partial charge is 0.412 e. The van der Waals surface area contributed by atoms with Gasteiger partial charge < -0.3 is 26.0 Å². The molecule has 2 aliphatic heterocycles. The third-order valence-electron chi connectivity index (χ3n) is 4.79. The molecule has 2 heterocycles. The van der Waals surface area contributed by atoms with E-state index >= 15 is 0 Å². The summed E-state index contributed by atoms with van der Waals surface area (Å²) in [7, 11) is 0. The Bertz CT molecular complexity index is 712. The van der Waals surface area contributed by atoms with E-state index in [4.69, 9.17) is 10.5 Å². The van der Waals surface area contributed by atoms with Gasteiger partial charge in [0.15, 0.2) is 0 Å². The molecule has 0 unspecified atom stereocenters. The van der Waals surface area contributed by atoms with Crippen LogP contribution < -0.4 is 21.1 Å². The second kappa shape index (κ2) is 8.34. The number of hydrogen-bond donors (Lipinski definition) is 3. The third kappa shape index (κ3) is 4.54. The smallest absolute Gasteiger partial charge is 0.410 e. The Balaban J connectivity index is 1.55. The fourth-order valence-electron chi connectivity index (χ4n) is 3.46. The van der Waals surface area contributed by atoms with Crippen LogP contribution in [0.3, 0.4) is 0 Å². The number of amides is 3. The summed E-state index contributed by atoms with van der Waals surface area (Å²) in [6.07, 6.45) is 1.72. The molecule has 0 radical (unpaired) electrons. The molecule has 1 aromatic carbocycles. The molecular weight excluding hydrogens is 355 g/mol. The Hall–Kier alpha value is -2.68. The molecule has 9 heteroatoms. The monoisotopic (exact) mass is 378 g/mol. The van der Waals surface area contributed by atoms with Crippen molar-refractivity contribution in [2.75, 3.05) is 13.1 Å². The van der Waals surface area contributed by atoms with Gasteiger partial charge in [-0.05, 0) is 56.5 Å². The lowest BCUT2D eigenvalue weighted by Gasteiger charge is -2.34. The van der Waals surface area contributed by atoms with Crippen LogP contribution in [0.5, 0.6) is 5.75 Å². The molecule has 1 aromatic rings. The number of hydrogen-bond acceptors (Lipinski definition) is 5. The molecule has 4 N–H and O–H groups in total. The van der Waals surface area contributed by atoms with Crippen LogP contribution in [-0.2, 0) is 9.59 Å². The highest BCUT2D eigenvalue weighted by molar-refractivity contribution is 5.97. The van der Waals surface area contributed by atoms with Gasteiger partial charge in [0.1, 0.15) is 23.7 Å². The lowest BCUT2D eigenvalue weighted by Crippen LogP contribution is -2.61. The van der Waals surface area contributed by atoms with Crippen LogP contribution in [0, 0.1) is 5.82 Å². The van der Waals surface area contributed by atoms with E-state index in [-0.39, 0.29) is 30.2 Å². The van der Waals surface area contributed by atoms with Crippen molar-refractivity contribution in [2.45, 2.75) is 43.8 Å². The Morgan fingerprint density at radius 2 is 2.04 bits per heavy atom. The first-order chi connectivity index (χ1) is 13.0. The number of nitrogens with zero attached hydrogens (tertiary/aromatic N) is 1. The number of nitrogens with one attached hydrogen (secondary N) is 2. The van der Waals surface area contributed by atoms with Gasteiger partial charge in [-0.15, -0.1) is 0 Å². The molecule has 3 rings (SSSR count). The SMILES string of the molecule is NCCCC[C@@H]1NC(=O)[C@@H]2C[C@H](NC(=O)Oc3ccc(F)cc3)CN2C1=O. The number of fused-ring (bicyclic) bond motifs is 1. The van der Waals surface area contributed by atoms with Gasteiger partial charge in [-0.25, -0.2) is 9.18 Å². The first-order valence-corrected chi connectivity index (χ1v) is 9.02. The topological polar surface area (TPSA) is 114 Å². The average molecular weight is 378 g/mol. The van der Waals surface area contributed by atoms with Crippen molar-refractivity contribution >= 4 is 17.9 Å². The van der Waals surface area contributed by atoms with E-state index in [9.17, 15) is 18.8 Å². The van der Waals surface area contributed by atoms with Crippen molar-refractivity contribution in [1.29, 1.82) is 0 Å². The third-order valence-corrected chi connectivity index (χ3v) is 4.79. The zero-order valence-electron chi connectivity index (χ0n) is 14.8. The van der Waals surface area contributed by atoms with Crippen molar-refractivity contribution < 1.29 is 23.5 Å². The minimum Gasteiger partial charge on any atom is -0.410 e. The van der Waals surface area contributed by atoms with E-state index in [1.165, 1.54) is 29.2 Å². The van der Waals surface area contributed by atoms with Crippen LogP contribution in [0.1, 0.15) is 25.7 Å². The summed E-state index contributed by atoms with van der Waals surface area (Å²) in [4.78, 5) is 38.5. The number of carbonyl (C=O) groups is 3. The van der Waals surface area contributed by atoms with Gasteiger partial charge in [-0.3, -0.25) is 9.59 Å². The van der Waals surface area contributed by atoms with Crippen molar-refractivity contribution in [2.24, 2.45) is 5.73 Å². The average Bonchev–Trinajstić information content (AvgIpc) is 3.06. The standard InChI is InChI=1S/C18H23FN4O4/c19-11-4-6-13(7-5-11)27-18(26)21-12-9-15-16(24)22-14(3-1-2-8-20)17(25)23(15)10-12/h4-7,12,14-15H,1-3,8-10,20H2,(H,21,26)(H,22,24)/t12-,14-,15-/m0/s1. The highest BCUT2D eigenvalue weighted by Gasteiger charge is 2.46. The van der Waals surface area contributed by atoms with Crippen LogP contribution in [0.25, 0.3) is 0 Å². The molecule has 3 amide bonds. The lowest BCUT2D eigenvalue weighted by molar-refractivity contribution is -0.147. The maximum Gasteiger partial charge on any atom is 0.412 e. The molecule has 2 saturated heterocycles. The van der Waals surface area contributed by atoms with Gasteiger partial charge in [-0.1, -0.05) is 0 Å². The summed E-state index contributed by atoms with van der Waals surface area (Å²) in [5.74, 6) is -0.559. The number of halogens is 1. The van der Waals surface area contributed by atoms with E-state index in [0.29, 0.717) is 19.4 Å². The zero-order valence-corrected chi connectivity index (χ0v) is 14.8. The minimum absolute atomic E-state index is 0.132. The fraction of sp³-hybridized carbons (Fsp3) is 0.500. The maximum absolute atomic E-state index is 12.9.